The van der Waals surface area contributed by atoms with Gasteiger partial charge in [-0.1, -0.05) is 52.7 Å². The van der Waals surface area contributed by atoms with Crippen LogP contribution in [0.25, 0.3) is 0 Å². The van der Waals surface area contributed by atoms with Crippen molar-refractivity contribution >= 4 is 46.9 Å². The average molecular weight is 770 g/mol. The number of nitrogen functional groups attached to an aromatic ring is 1. The standard InChI is InChI=1S/C44H59N5O7/c1-25(46-38(54)33(47-26(2)50)15-18-36(51)52)37(53)48-30-14-10-28-12-17-35-42(4,32(28)24-30)20-8-22-44(35,6)40(56)49-39(55)43(5)21-7-19-41(3)31-23-29(45)13-9-27(31)11-16-34(41)43/h9-10,13-14,23-25,33-35H,7-8,11-12,15-22,45H2,1-6H3,(H,46,54)(H,47,50)(H,48,53)(H,51,52)(H,49,55,56)/t25-,33-,34+,35+,41+,42+,43-,44-/m0/s1. The van der Waals surface area contributed by atoms with Gasteiger partial charge in [0.2, 0.25) is 29.5 Å². The predicted molar refractivity (Wildman–Crippen MR) is 213 cm³/mol. The Morgan fingerprint density at radius 2 is 1.30 bits per heavy atom. The molecule has 0 bridgehead atoms. The number of carbonyl (C=O) groups is 6. The molecule has 0 unspecified atom stereocenters. The first-order valence-corrected chi connectivity index (χ1v) is 20.3. The molecule has 8 atom stereocenters. The summed E-state index contributed by atoms with van der Waals surface area (Å²) in [6.45, 7) is 11.3. The fourth-order valence-electron chi connectivity index (χ4n) is 11.4. The number of carboxylic acid groups (broad SMARTS) is 1. The van der Waals surface area contributed by atoms with E-state index in [4.69, 9.17) is 10.8 Å². The fraction of sp³-hybridized carbons (Fsp3) is 0.591. The van der Waals surface area contributed by atoms with Crippen LogP contribution in [0.15, 0.2) is 36.4 Å². The topological polar surface area (TPSA) is 197 Å². The van der Waals surface area contributed by atoms with Crippen molar-refractivity contribution in [3.8, 4) is 0 Å². The number of imide groups is 1. The van der Waals surface area contributed by atoms with Crippen LogP contribution in [0, 0.1) is 22.7 Å². The summed E-state index contributed by atoms with van der Waals surface area (Å²) >= 11 is 0. The van der Waals surface area contributed by atoms with Gasteiger partial charge in [-0.2, -0.15) is 0 Å². The Bertz CT molecular complexity index is 1950. The summed E-state index contributed by atoms with van der Waals surface area (Å²) in [7, 11) is 0. The maximum atomic E-state index is 14.6. The lowest BCUT2D eigenvalue weighted by Crippen LogP contribution is -2.60. The van der Waals surface area contributed by atoms with Crippen molar-refractivity contribution in [2.24, 2.45) is 22.7 Å². The van der Waals surface area contributed by atoms with Crippen molar-refractivity contribution in [2.45, 2.75) is 142 Å². The number of anilines is 2. The van der Waals surface area contributed by atoms with E-state index in [0.29, 0.717) is 12.1 Å². The molecule has 302 valence electrons. The number of carboxylic acids is 1. The van der Waals surface area contributed by atoms with Crippen LogP contribution in [0.1, 0.15) is 128 Å². The van der Waals surface area contributed by atoms with Gasteiger partial charge in [-0.15, -0.1) is 0 Å². The molecule has 5 amide bonds. The first kappa shape index (κ1) is 40.9. The number of rotatable bonds is 10. The van der Waals surface area contributed by atoms with Gasteiger partial charge in [-0.3, -0.25) is 34.1 Å². The van der Waals surface area contributed by atoms with Crippen LogP contribution in [0.3, 0.4) is 0 Å². The van der Waals surface area contributed by atoms with Crippen LogP contribution in [-0.2, 0) is 52.4 Å². The Balaban J connectivity index is 1.17. The zero-order valence-electron chi connectivity index (χ0n) is 33.7. The van der Waals surface area contributed by atoms with Crippen molar-refractivity contribution in [1.82, 2.24) is 16.0 Å². The minimum Gasteiger partial charge on any atom is -0.481 e. The van der Waals surface area contributed by atoms with Gasteiger partial charge in [-0.05, 0) is 134 Å². The number of hydrogen-bond acceptors (Lipinski definition) is 7. The molecule has 0 radical (unpaired) electrons. The second kappa shape index (κ2) is 15.3. The Labute approximate surface area is 329 Å². The predicted octanol–water partition coefficient (Wildman–Crippen LogP) is 5.45. The first-order chi connectivity index (χ1) is 26.3. The lowest BCUT2D eigenvalue weighted by Gasteiger charge is -2.56. The van der Waals surface area contributed by atoms with Crippen molar-refractivity contribution in [1.29, 1.82) is 0 Å². The second-order valence-electron chi connectivity index (χ2n) is 18.0. The molecule has 7 N–H and O–H groups in total. The van der Waals surface area contributed by atoms with Gasteiger partial charge in [0.05, 0.1) is 10.8 Å². The molecule has 12 nitrogen and oxygen atoms in total. The number of aryl methyl sites for hydroxylation is 2. The third kappa shape index (κ3) is 7.43. The number of hydrogen-bond donors (Lipinski definition) is 6. The number of fused-ring (bicyclic) bond motifs is 6. The lowest BCUT2D eigenvalue weighted by molar-refractivity contribution is -0.150. The Kier molecular flexibility index (Phi) is 11.2. The summed E-state index contributed by atoms with van der Waals surface area (Å²) < 4.78 is 0. The third-order valence-corrected chi connectivity index (χ3v) is 14.4. The highest BCUT2D eigenvalue weighted by atomic mass is 16.4. The molecular weight excluding hydrogens is 711 g/mol. The molecule has 0 saturated heterocycles. The molecule has 0 heterocycles. The number of benzene rings is 2. The minimum absolute atomic E-state index is 0.0429. The molecule has 2 aromatic rings. The Morgan fingerprint density at radius 3 is 1.84 bits per heavy atom. The van der Waals surface area contributed by atoms with Crippen LogP contribution in [0.4, 0.5) is 11.4 Å². The molecule has 4 aliphatic rings. The van der Waals surface area contributed by atoms with Gasteiger partial charge in [0, 0.05) is 24.7 Å². The number of nitrogens with two attached hydrogens (primary N) is 1. The number of carbonyl (C=O) groups excluding carboxylic acids is 5. The highest BCUT2D eigenvalue weighted by molar-refractivity contribution is 6.01. The van der Waals surface area contributed by atoms with Crippen LogP contribution in [0.2, 0.25) is 0 Å². The normalized spacial score (nSPS) is 30.1. The van der Waals surface area contributed by atoms with Crippen LogP contribution >= 0.6 is 0 Å². The van der Waals surface area contributed by atoms with Gasteiger partial charge in [-0.25, -0.2) is 0 Å². The van der Waals surface area contributed by atoms with Crippen molar-refractivity contribution in [2.75, 3.05) is 11.1 Å². The SMILES string of the molecule is CC(=O)N[C@@H](CCC(=O)O)C(=O)N[C@@H](C)C(=O)Nc1ccc2c(c1)[C@@]1(C)CCC[C@](C)(C(=O)NC(=O)[C@@]3(C)CCC[C@]4(C)c5cc(N)ccc5CC[C@@H]34)[C@@H]1CC2. The number of nitrogens with one attached hydrogen (secondary N) is 4. The van der Waals surface area contributed by atoms with E-state index in [0.717, 1.165) is 74.6 Å². The number of aliphatic carboxylic acids is 1. The van der Waals surface area contributed by atoms with E-state index >= 15 is 0 Å². The Morgan fingerprint density at radius 1 is 0.768 bits per heavy atom. The molecule has 6 rings (SSSR count). The van der Waals surface area contributed by atoms with Crippen molar-refractivity contribution in [3.63, 3.8) is 0 Å². The molecule has 0 aliphatic heterocycles. The maximum absolute atomic E-state index is 14.6. The quantitative estimate of drug-likeness (QED) is 0.136. The molecule has 0 spiro atoms. The fourth-order valence-corrected chi connectivity index (χ4v) is 11.4. The highest BCUT2D eigenvalue weighted by Gasteiger charge is 2.58. The smallest absolute Gasteiger partial charge is 0.303 e. The van der Waals surface area contributed by atoms with E-state index in [1.54, 1.807) is 0 Å². The molecule has 12 heteroatoms. The summed E-state index contributed by atoms with van der Waals surface area (Å²) in [6, 6.07) is 9.94. The summed E-state index contributed by atoms with van der Waals surface area (Å²) in [5.74, 6) is -3.05. The van der Waals surface area contributed by atoms with E-state index in [1.807, 2.05) is 31.2 Å². The molecule has 2 saturated carbocycles. The summed E-state index contributed by atoms with van der Waals surface area (Å²) in [5.41, 5.74) is 10.2. The van der Waals surface area contributed by atoms with E-state index in [9.17, 15) is 28.8 Å². The summed E-state index contributed by atoms with van der Waals surface area (Å²) in [4.78, 5) is 78.0. The lowest BCUT2D eigenvalue weighted by atomic mass is 9.49. The summed E-state index contributed by atoms with van der Waals surface area (Å²) in [5, 5.41) is 20.1. The van der Waals surface area contributed by atoms with E-state index in [2.05, 4.69) is 54.2 Å². The zero-order valence-corrected chi connectivity index (χ0v) is 33.7. The number of amides is 5. The monoisotopic (exact) mass is 769 g/mol. The molecule has 2 aromatic carbocycles. The highest BCUT2D eigenvalue weighted by Crippen LogP contribution is 2.59. The molecule has 2 fully saturated rings. The molecule has 4 aliphatic carbocycles. The maximum Gasteiger partial charge on any atom is 0.303 e. The van der Waals surface area contributed by atoms with E-state index in [-0.39, 0.29) is 41.9 Å². The van der Waals surface area contributed by atoms with E-state index in [1.165, 1.54) is 25.0 Å². The van der Waals surface area contributed by atoms with Gasteiger partial charge in [0.1, 0.15) is 12.1 Å². The van der Waals surface area contributed by atoms with Crippen LogP contribution < -0.4 is 27.0 Å². The molecule has 56 heavy (non-hydrogen) atoms. The van der Waals surface area contributed by atoms with E-state index < -0.39 is 52.0 Å². The van der Waals surface area contributed by atoms with Crippen molar-refractivity contribution < 1.29 is 33.9 Å². The largest absolute Gasteiger partial charge is 0.481 e. The average Bonchev–Trinajstić information content (AvgIpc) is 3.13. The second-order valence-corrected chi connectivity index (χ2v) is 18.0. The minimum atomic E-state index is -1.10. The van der Waals surface area contributed by atoms with Gasteiger partial charge < -0.3 is 26.8 Å². The van der Waals surface area contributed by atoms with Gasteiger partial charge >= 0.3 is 5.97 Å². The van der Waals surface area contributed by atoms with Gasteiger partial charge in [0.25, 0.3) is 0 Å². The molecule has 0 aromatic heterocycles. The summed E-state index contributed by atoms with van der Waals surface area (Å²) in [6.07, 6.45) is 7.81. The first-order valence-electron chi connectivity index (χ1n) is 20.3. The van der Waals surface area contributed by atoms with Crippen LogP contribution in [0.5, 0.6) is 0 Å². The Hall–Kier alpha value is -4.74. The molecular formula is C44H59N5O7. The zero-order chi connectivity index (χ0) is 40.8. The third-order valence-electron chi connectivity index (χ3n) is 14.4. The van der Waals surface area contributed by atoms with Crippen molar-refractivity contribution in [3.05, 3.63) is 58.7 Å². The van der Waals surface area contributed by atoms with Crippen LogP contribution in [-0.4, -0.2) is 52.7 Å². The van der Waals surface area contributed by atoms with Gasteiger partial charge in [0.15, 0.2) is 0 Å².